The van der Waals surface area contributed by atoms with Crippen LogP contribution in [-0.2, 0) is 0 Å². The van der Waals surface area contributed by atoms with Gasteiger partial charge < -0.3 is 24.6 Å². The average Bonchev–Trinajstić information content (AvgIpc) is 2.80. The van der Waals surface area contributed by atoms with Crippen LogP contribution in [0.4, 0.5) is 10.1 Å². The van der Waals surface area contributed by atoms with Crippen molar-refractivity contribution in [2.75, 3.05) is 31.1 Å². The zero-order valence-corrected chi connectivity index (χ0v) is 16.9. The molecule has 2 aliphatic rings. The zero-order chi connectivity index (χ0) is 22.0. The van der Waals surface area contributed by atoms with Gasteiger partial charge in [0.1, 0.15) is 16.8 Å². The number of pyridine rings is 1. The second-order valence-corrected chi connectivity index (χ2v) is 7.99. The van der Waals surface area contributed by atoms with Crippen molar-refractivity contribution < 1.29 is 19.0 Å². The molecule has 2 N–H and O–H groups in total. The van der Waals surface area contributed by atoms with Gasteiger partial charge in [0, 0.05) is 32.4 Å². The topological polar surface area (TPSA) is 83.8 Å². The summed E-state index contributed by atoms with van der Waals surface area (Å²) in [6.45, 7) is 2.56. The van der Waals surface area contributed by atoms with Crippen molar-refractivity contribution in [3.8, 4) is 17.2 Å². The Hall–Kier alpha value is -3.91. The van der Waals surface area contributed by atoms with Crippen LogP contribution in [0, 0.1) is 5.82 Å². The van der Waals surface area contributed by atoms with E-state index in [1.165, 1.54) is 6.20 Å². The Bertz CT molecular complexity index is 1510. The summed E-state index contributed by atoms with van der Waals surface area (Å²) < 4.78 is 23.3. The van der Waals surface area contributed by atoms with Gasteiger partial charge in [-0.25, -0.2) is 9.18 Å². The van der Waals surface area contributed by atoms with Gasteiger partial charge in [0.15, 0.2) is 17.3 Å². The van der Waals surface area contributed by atoms with Crippen LogP contribution in [-0.4, -0.2) is 41.8 Å². The number of benzene rings is 3. The van der Waals surface area contributed by atoms with Crippen molar-refractivity contribution in [1.82, 2.24) is 9.88 Å². The Kier molecular flexibility index (Phi) is 4.00. The fourth-order valence-corrected chi connectivity index (χ4v) is 4.63. The molecule has 0 amide bonds. The minimum absolute atomic E-state index is 0.0184. The largest absolute Gasteiger partial charge is 0.477 e. The highest BCUT2D eigenvalue weighted by molar-refractivity contribution is 6.00. The molecule has 32 heavy (non-hydrogen) atoms. The number of carboxylic acid groups (broad SMARTS) is 1. The molecule has 7 nitrogen and oxygen atoms in total. The second kappa shape index (κ2) is 6.80. The van der Waals surface area contributed by atoms with Crippen LogP contribution in [0.3, 0.4) is 0 Å². The average molecular weight is 431 g/mol. The van der Waals surface area contributed by atoms with Gasteiger partial charge in [0.25, 0.3) is 0 Å². The Morgan fingerprint density at radius 2 is 1.81 bits per heavy atom. The maximum atomic E-state index is 15.4. The van der Waals surface area contributed by atoms with E-state index in [1.807, 2.05) is 41.3 Å². The molecule has 1 aromatic heterocycles. The maximum absolute atomic E-state index is 15.4. The number of anilines is 1. The summed E-state index contributed by atoms with van der Waals surface area (Å²) >= 11 is 0. The summed E-state index contributed by atoms with van der Waals surface area (Å²) in [5, 5.41) is 14.7. The van der Waals surface area contributed by atoms with Crippen LogP contribution in [0.2, 0.25) is 0 Å². The first-order valence-electron chi connectivity index (χ1n) is 10.3. The maximum Gasteiger partial charge on any atom is 0.341 e. The fraction of sp³-hybridized carbons (Fsp3) is 0.167. The van der Waals surface area contributed by atoms with Gasteiger partial charge in [0.05, 0.1) is 11.1 Å². The number of piperazine rings is 1. The van der Waals surface area contributed by atoms with E-state index in [2.05, 4.69) is 5.32 Å². The van der Waals surface area contributed by atoms with Crippen molar-refractivity contribution >= 4 is 33.3 Å². The number of fused-ring (bicyclic) bond motifs is 3. The first-order chi connectivity index (χ1) is 15.5. The van der Waals surface area contributed by atoms with Crippen LogP contribution in [0.15, 0.2) is 53.5 Å². The van der Waals surface area contributed by atoms with Gasteiger partial charge in [-0.3, -0.25) is 4.79 Å². The number of nitrogens with zero attached hydrogens (tertiary/aromatic N) is 2. The van der Waals surface area contributed by atoms with Crippen molar-refractivity contribution in [1.29, 1.82) is 0 Å². The molecule has 4 aromatic rings. The SMILES string of the molecule is O=C(O)c1cn2c3c(c(N4CCNCC4)c(F)cc3c1=O)Oc1cc3ccccc3cc1-2. The number of ether oxygens (including phenoxy) is 1. The lowest BCUT2D eigenvalue weighted by atomic mass is 10.0. The summed E-state index contributed by atoms with van der Waals surface area (Å²) in [5.41, 5.74) is 0.107. The van der Waals surface area contributed by atoms with E-state index in [9.17, 15) is 14.7 Å². The van der Waals surface area contributed by atoms with Crippen molar-refractivity contribution in [2.24, 2.45) is 0 Å². The number of hydrogen-bond donors (Lipinski definition) is 2. The van der Waals surface area contributed by atoms with Gasteiger partial charge in [-0.2, -0.15) is 0 Å². The minimum Gasteiger partial charge on any atom is -0.477 e. The van der Waals surface area contributed by atoms with Crippen molar-refractivity contribution in [3.05, 3.63) is 70.3 Å². The highest BCUT2D eigenvalue weighted by atomic mass is 19.1. The number of nitrogens with one attached hydrogen (secondary N) is 1. The van der Waals surface area contributed by atoms with Gasteiger partial charge >= 0.3 is 5.97 Å². The number of carbonyl (C=O) groups is 1. The molecule has 1 saturated heterocycles. The van der Waals surface area contributed by atoms with E-state index in [1.54, 1.807) is 4.57 Å². The highest BCUT2D eigenvalue weighted by Crippen LogP contribution is 2.47. The summed E-state index contributed by atoms with van der Waals surface area (Å²) in [6.07, 6.45) is 1.31. The lowest BCUT2D eigenvalue weighted by Crippen LogP contribution is -2.44. The van der Waals surface area contributed by atoms with E-state index >= 15 is 4.39 Å². The number of carboxylic acids is 1. The van der Waals surface area contributed by atoms with E-state index < -0.39 is 22.8 Å². The molecule has 6 rings (SSSR count). The standard InChI is InChI=1S/C24H18FN3O4/c25-17-11-15-20-23(21(17)27-7-5-26-6-8-27)32-19-10-14-4-2-1-3-13(14)9-18(19)28(20)12-16(22(15)29)24(30)31/h1-4,9-12,26H,5-8H2,(H,30,31). The highest BCUT2D eigenvalue weighted by Gasteiger charge is 2.31. The number of aromatic carboxylic acids is 1. The van der Waals surface area contributed by atoms with E-state index in [-0.39, 0.29) is 16.8 Å². The smallest absolute Gasteiger partial charge is 0.341 e. The molecule has 0 aliphatic carbocycles. The van der Waals surface area contributed by atoms with Crippen LogP contribution in [0.5, 0.6) is 11.5 Å². The molecule has 3 aromatic carbocycles. The minimum atomic E-state index is -1.36. The van der Waals surface area contributed by atoms with Crippen molar-refractivity contribution in [3.63, 3.8) is 0 Å². The summed E-state index contributed by atoms with van der Waals surface area (Å²) in [6, 6.07) is 12.6. The number of halogens is 1. The molecule has 2 aliphatic heterocycles. The summed E-state index contributed by atoms with van der Waals surface area (Å²) in [7, 11) is 0. The van der Waals surface area contributed by atoms with E-state index in [0.29, 0.717) is 43.1 Å². The molecular weight excluding hydrogens is 413 g/mol. The van der Waals surface area contributed by atoms with Crippen LogP contribution >= 0.6 is 0 Å². The van der Waals surface area contributed by atoms with Crippen molar-refractivity contribution in [2.45, 2.75) is 0 Å². The van der Waals surface area contributed by atoms with Gasteiger partial charge in [-0.15, -0.1) is 0 Å². The molecule has 0 bridgehead atoms. The Labute approximate surface area is 181 Å². The Morgan fingerprint density at radius 1 is 1.09 bits per heavy atom. The summed E-state index contributed by atoms with van der Waals surface area (Å²) in [5.74, 6) is -1.26. The predicted molar refractivity (Wildman–Crippen MR) is 119 cm³/mol. The van der Waals surface area contributed by atoms with Crippen LogP contribution in [0.25, 0.3) is 27.4 Å². The molecule has 0 unspecified atom stereocenters. The molecule has 0 atom stereocenters. The van der Waals surface area contributed by atoms with Gasteiger partial charge in [-0.1, -0.05) is 24.3 Å². The third-order valence-corrected chi connectivity index (χ3v) is 6.13. The monoisotopic (exact) mass is 431 g/mol. The molecule has 0 radical (unpaired) electrons. The van der Waals surface area contributed by atoms with Crippen LogP contribution in [0.1, 0.15) is 10.4 Å². The first-order valence-corrected chi connectivity index (χ1v) is 10.3. The predicted octanol–water partition coefficient (Wildman–Crippen LogP) is 3.50. The lowest BCUT2D eigenvalue weighted by Gasteiger charge is -2.33. The molecule has 8 heteroatoms. The number of rotatable bonds is 2. The quantitative estimate of drug-likeness (QED) is 0.445. The zero-order valence-electron chi connectivity index (χ0n) is 16.9. The molecule has 0 saturated carbocycles. The molecule has 0 spiro atoms. The normalized spacial score (nSPS) is 15.0. The molecule has 160 valence electrons. The van der Waals surface area contributed by atoms with Crippen LogP contribution < -0.4 is 20.4 Å². The molecule has 1 fully saturated rings. The number of aromatic nitrogens is 1. The van der Waals surface area contributed by atoms with Gasteiger partial charge in [-0.05, 0) is 29.0 Å². The Balaban J connectivity index is 1.75. The second-order valence-electron chi connectivity index (χ2n) is 7.99. The fourth-order valence-electron chi connectivity index (χ4n) is 4.63. The summed E-state index contributed by atoms with van der Waals surface area (Å²) in [4.78, 5) is 26.6. The third-order valence-electron chi connectivity index (χ3n) is 6.13. The lowest BCUT2D eigenvalue weighted by molar-refractivity contribution is 0.0695. The number of hydrogen-bond acceptors (Lipinski definition) is 5. The van der Waals surface area contributed by atoms with E-state index in [4.69, 9.17) is 4.74 Å². The first kappa shape index (κ1) is 18.8. The molecule has 3 heterocycles. The van der Waals surface area contributed by atoms with E-state index in [0.717, 1.165) is 16.8 Å². The molecular formula is C24H18FN3O4. The van der Waals surface area contributed by atoms with Gasteiger partial charge in [0.2, 0.25) is 5.43 Å². The third kappa shape index (κ3) is 2.63. The Morgan fingerprint density at radius 3 is 2.53 bits per heavy atom.